The Labute approximate surface area is 101 Å². The van der Waals surface area contributed by atoms with Gasteiger partial charge in [-0.3, -0.25) is 4.79 Å². The molecular formula is C14H16N2O. The van der Waals surface area contributed by atoms with Crippen LogP contribution in [-0.2, 0) is 4.79 Å². The molecule has 17 heavy (non-hydrogen) atoms. The molecule has 3 heteroatoms. The molecule has 1 unspecified atom stereocenters. The molecule has 1 atom stereocenters. The highest BCUT2D eigenvalue weighted by molar-refractivity contribution is 6.16. The molecule has 3 rings (SSSR count). The SMILES string of the molecule is Cc1ccc(C)c(N2N=C3CCCC3C2=O)c1. The van der Waals surface area contributed by atoms with Gasteiger partial charge in [-0.1, -0.05) is 12.1 Å². The van der Waals surface area contributed by atoms with Crippen LogP contribution in [0.25, 0.3) is 0 Å². The van der Waals surface area contributed by atoms with Crippen molar-refractivity contribution in [1.29, 1.82) is 0 Å². The predicted molar refractivity (Wildman–Crippen MR) is 68.2 cm³/mol. The maximum atomic E-state index is 12.3. The summed E-state index contributed by atoms with van der Waals surface area (Å²) in [6, 6.07) is 6.15. The number of nitrogens with zero attached hydrogens (tertiary/aromatic N) is 2. The summed E-state index contributed by atoms with van der Waals surface area (Å²) in [6.07, 6.45) is 3.06. The number of rotatable bonds is 1. The van der Waals surface area contributed by atoms with Gasteiger partial charge in [0.2, 0.25) is 0 Å². The lowest BCUT2D eigenvalue weighted by molar-refractivity contribution is -0.119. The van der Waals surface area contributed by atoms with E-state index in [4.69, 9.17) is 0 Å². The molecule has 1 aliphatic heterocycles. The second-order valence-electron chi connectivity index (χ2n) is 4.98. The fourth-order valence-electron chi connectivity index (χ4n) is 2.66. The van der Waals surface area contributed by atoms with Crippen molar-refractivity contribution in [2.24, 2.45) is 11.0 Å². The number of hydrogen-bond donors (Lipinski definition) is 0. The van der Waals surface area contributed by atoms with Gasteiger partial charge >= 0.3 is 0 Å². The summed E-state index contributed by atoms with van der Waals surface area (Å²) >= 11 is 0. The molecule has 1 amide bonds. The number of hydrazone groups is 1. The van der Waals surface area contributed by atoms with Crippen molar-refractivity contribution in [3.05, 3.63) is 29.3 Å². The third kappa shape index (κ3) is 1.57. The molecule has 1 aromatic carbocycles. The van der Waals surface area contributed by atoms with Crippen LogP contribution in [0.5, 0.6) is 0 Å². The van der Waals surface area contributed by atoms with Crippen LogP contribution in [0.2, 0.25) is 0 Å². The van der Waals surface area contributed by atoms with Crippen molar-refractivity contribution in [2.45, 2.75) is 33.1 Å². The lowest BCUT2D eigenvalue weighted by Gasteiger charge is -2.16. The van der Waals surface area contributed by atoms with E-state index in [1.54, 1.807) is 5.01 Å². The Morgan fingerprint density at radius 3 is 2.94 bits per heavy atom. The van der Waals surface area contributed by atoms with Crippen LogP contribution >= 0.6 is 0 Å². The number of fused-ring (bicyclic) bond motifs is 1. The van der Waals surface area contributed by atoms with E-state index in [1.807, 2.05) is 26.0 Å². The van der Waals surface area contributed by atoms with E-state index >= 15 is 0 Å². The van der Waals surface area contributed by atoms with Crippen molar-refractivity contribution in [2.75, 3.05) is 5.01 Å². The van der Waals surface area contributed by atoms with Crippen LogP contribution in [-0.4, -0.2) is 11.6 Å². The highest BCUT2D eigenvalue weighted by Crippen LogP contribution is 2.34. The van der Waals surface area contributed by atoms with E-state index in [9.17, 15) is 4.79 Å². The Morgan fingerprint density at radius 1 is 1.35 bits per heavy atom. The first-order chi connectivity index (χ1) is 8.16. The van der Waals surface area contributed by atoms with E-state index in [2.05, 4.69) is 11.2 Å². The Kier molecular flexibility index (Phi) is 2.28. The molecule has 0 aromatic heterocycles. The largest absolute Gasteiger partial charge is 0.272 e. The summed E-state index contributed by atoms with van der Waals surface area (Å²) in [7, 11) is 0. The quantitative estimate of drug-likeness (QED) is 0.727. The van der Waals surface area contributed by atoms with E-state index in [-0.39, 0.29) is 11.8 Å². The summed E-state index contributed by atoms with van der Waals surface area (Å²) in [4.78, 5) is 12.3. The Bertz CT molecular complexity index is 519. The number of benzene rings is 1. The van der Waals surface area contributed by atoms with Gasteiger partial charge in [0.1, 0.15) is 0 Å². The highest BCUT2D eigenvalue weighted by atomic mass is 16.2. The third-order valence-corrected chi connectivity index (χ3v) is 3.66. The normalized spacial score (nSPS) is 22.9. The Morgan fingerprint density at radius 2 is 2.18 bits per heavy atom. The van der Waals surface area contributed by atoms with Gasteiger partial charge in [-0.25, -0.2) is 0 Å². The van der Waals surface area contributed by atoms with E-state index in [1.165, 1.54) is 0 Å². The standard InChI is InChI=1S/C14H16N2O/c1-9-6-7-10(2)13(8-9)16-14(17)11-4-3-5-12(11)15-16/h6-8,11H,3-5H2,1-2H3. The molecule has 3 nitrogen and oxygen atoms in total. The fraction of sp³-hybridized carbons (Fsp3) is 0.429. The molecule has 0 N–H and O–H groups in total. The molecule has 1 aromatic rings. The maximum Gasteiger partial charge on any atom is 0.256 e. The zero-order chi connectivity index (χ0) is 12.0. The van der Waals surface area contributed by atoms with Crippen LogP contribution in [0.1, 0.15) is 30.4 Å². The molecule has 88 valence electrons. The van der Waals surface area contributed by atoms with E-state index in [0.717, 1.165) is 41.8 Å². The van der Waals surface area contributed by atoms with Crippen LogP contribution < -0.4 is 5.01 Å². The molecule has 0 bridgehead atoms. The van der Waals surface area contributed by atoms with Crippen molar-refractivity contribution >= 4 is 17.3 Å². The lowest BCUT2D eigenvalue weighted by Crippen LogP contribution is -2.26. The molecule has 0 saturated heterocycles. The number of hydrogen-bond acceptors (Lipinski definition) is 2. The smallest absolute Gasteiger partial charge is 0.256 e. The zero-order valence-electron chi connectivity index (χ0n) is 10.2. The average Bonchev–Trinajstić information content (AvgIpc) is 2.86. The summed E-state index contributed by atoms with van der Waals surface area (Å²) in [6.45, 7) is 4.06. The summed E-state index contributed by atoms with van der Waals surface area (Å²) in [5.41, 5.74) is 4.29. The van der Waals surface area contributed by atoms with Gasteiger partial charge in [-0.2, -0.15) is 10.1 Å². The van der Waals surface area contributed by atoms with Crippen molar-refractivity contribution in [3.63, 3.8) is 0 Å². The average molecular weight is 228 g/mol. The van der Waals surface area contributed by atoms with Crippen LogP contribution in [0, 0.1) is 19.8 Å². The van der Waals surface area contributed by atoms with Gasteiger partial charge in [0.15, 0.2) is 0 Å². The fourth-order valence-corrected chi connectivity index (χ4v) is 2.66. The van der Waals surface area contributed by atoms with Gasteiger partial charge in [0, 0.05) is 0 Å². The molecule has 0 radical (unpaired) electrons. The van der Waals surface area contributed by atoms with Gasteiger partial charge in [-0.15, -0.1) is 0 Å². The second-order valence-corrected chi connectivity index (χ2v) is 4.98. The first kappa shape index (κ1) is 10.5. The maximum absolute atomic E-state index is 12.3. The summed E-state index contributed by atoms with van der Waals surface area (Å²) in [5.74, 6) is 0.223. The molecule has 1 fully saturated rings. The molecular weight excluding hydrogens is 212 g/mol. The number of amides is 1. The van der Waals surface area contributed by atoms with Gasteiger partial charge in [-0.05, 0) is 50.3 Å². The minimum atomic E-state index is 0.0647. The molecule has 1 heterocycles. The summed E-state index contributed by atoms with van der Waals surface area (Å²) < 4.78 is 0. The molecule has 1 saturated carbocycles. The lowest BCUT2D eigenvalue weighted by atomic mass is 10.1. The first-order valence-corrected chi connectivity index (χ1v) is 6.15. The van der Waals surface area contributed by atoms with Crippen molar-refractivity contribution in [1.82, 2.24) is 0 Å². The van der Waals surface area contributed by atoms with Crippen molar-refractivity contribution in [3.8, 4) is 0 Å². The molecule has 0 spiro atoms. The number of carbonyl (C=O) groups excluding carboxylic acids is 1. The topological polar surface area (TPSA) is 32.7 Å². The molecule has 1 aliphatic carbocycles. The first-order valence-electron chi connectivity index (χ1n) is 6.15. The Hall–Kier alpha value is -1.64. The number of anilines is 1. The van der Waals surface area contributed by atoms with Gasteiger partial charge in [0.25, 0.3) is 5.91 Å². The minimum absolute atomic E-state index is 0.0647. The van der Waals surface area contributed by atoms with E-state index < -0.39 is 0 Å². The van der Waals surface area contributed by atoms with Gasteiger partial charge in [0.05, 0.1) is 17.3 Å². The number of aryl methyl sites for hydroxylation is 2. The Balaban J connectivity index is 2.03. The highest BCUT2D eigenvalue weighted by Gasteiger charge is 2.39. The number of carbonyl (C=O) groups is 1. The predicted octanol–water partition coefficient (Wildman–Crippen LogP) is 2.81. The third-order valence-electron chi connectivity index (χ3n) is 3.66. The monoisotopic (exact) mass is 228 g/mol. The minimum Gasteiger partial charge on any atom is -0.272 e. The molecule has 2 aliphatic rings. The van der Waals surface area contributed by atoms with Crippen LogP contribution in [0.3, 0.4) is 0 Å². The second kappa shape index (κ2) is 3.69. The summed E-state index contributed by atoms with van der Waals surface area (Å²) in [5, 5.41) is 6.12. The van der Waals surface area contributed by atoms with E-state index in [0.29, 0.717) is 0 Å². The zero-order valence-corrected chi connectivity index (χ0v) is 10.2. The van der Waals surface area contributed by atoms with Gasteiger partial charge < -0.3 is 0 Å². The van der Waals surface area contributed by atoms with Crippen LogP contribution in [0.4, 0.5) is 5.69 Å². The van der Waals surface area contributed by atoms with Crippen molar-refractivity contribution < 1.29 is 4.79 Å². The van der Waals surface area contributed by atoms with Crippen LogP contribution in [0.15, 0.2) is 23.3 Å².